The Morgan fingerprint density at radius 1 is 1.00 bits per heavy atom. The number of aryl methyl sites for hydroxylation is 1. The minimum Gasteiger partial charge on any atom is -0.497 e. The molecule has 5 nitrogen and oxygen atoms in total. The van der Waals surface area contributed by atoms with Crippen molar-refractivity contribution in [3.63, 3.8) is 0 Å². The molecule has 1 aliphatic heterocycles. The van der Waals surface area contributed by atoms with Gasteiger partial charge in [0.15, 0.2) is 0 Å². The van der Waals surface area contributed by atoms with Gasteiger partial charge in [0.25, 0.3) is 0 Å². The number of ether oxygens (including phenoxy) is 1. The van der Waals surface area contributed by atoms with Gasteiger partial charge in [0, 0.05) is 36.9 Å². The zero-order valence-corrected chi connectivity index (χ0v) is 20.0. The van der Waals surface area contributed by atoms with Crippen LogP contribution in [0.2, 0.25) is 0 Å². The smallest absolute Gasteiger partial charge is 0.228 e. The molecular weight excluding hydrogens is 456 g/mol. The number of piperazine rings is 1. The fourth-order valence-corrected chi connectivity index (χ4v) is 8.55. The summed E-state index contributed by atoms with van der Waals surface area (Å²) in [4.78, 5) is 30.4. The summed E-state index contributed by atoms with van der Waals surface area (Å²) >= 11 is 4.03. The molecule has 0 radical (unpaired) electrons. The number of methoxy groups -OCH3 is 1. The van der Waals surface area contributed by atoms with Crippen LogP contribution in [-0.4, -0.2) is 59.2 Å². The van der Waals surface area contributed by atoms with Crippen LogP contribution in [0, 0.1) is 17.3 Å². The van der Waals surface area contributed by atoms with E-state index in [4.69, 9.17) is 4.74 Å². The number of amides is 2. The van der Waals surface area contributed by atoms with Gasteiger partial charge in [-0.1, -0.05) is 28.1 Å². The van der Waals surface area contributed by atoms with Crippen LogP contribution < -0.4 is 4.74 Å². The summed E-state index contributed by atoms with van der Waals surface area (Å²) in [5, 5.41) is 0. The first-order valence-electron chi connectivity index (χ1n) is 11.8. The van der Waals surface area contributed by atoms with E-state index < -0.39 is 0 Å². The Labute approximate surface area is 193 Å². The maximum atomic E-state index is 13.6. The molecule has 1 aromatic carbocycles. The summed E-state index contributed by atoms with van der Waals surface area (Å²) in [6.07, 6.45) is 8.23. The third kappa shape index (κ3) is 4.12. The van der Waals surface area contributed by atoms with Crippen LogP contribution in [0.5, 0.6) is 5.75 Å². The van der Waals surface area contributed by atoms with E-state index in [9.17, 15) is 9.59 Å². The normalized spacial score (nSPS) is 34.1. The first kappa shape index (κ1) is 21.3. The van der Waals surface area contributed by atoms with Crippen molar-refractivity contribution >= 4 is 27.7 Å². The Kier molecular flexibility index (Phi) is 5.56. The molecule has 0 aromatic heterocycles. The van der Waals surface area contributed by atoms with E-state index >= 15 is 0 Å². The van der Waals surface area contributed by atoms with Gasteiger partial charge >= 0.3 is 0 Å². The van der Waals surface area contributed by atoms with Gasteiger partial charge in [0.2, 0.25) is 11.8 Å². The second kappa shape index (κ2) is 8.09. The van der Waals surface area contributed by atoms with E-state index in [1.807, 2.05) is 29.2 Å². The van der Waals surface area contributed by atoms with E-state index in [0.717, 1.165) is 37.0 Å². The van der Waals surface area contributed by atoms with Gasteiger partial charge in [-0.2, -0.15) is 0 Å². The molecule has 5 fully saturated rings. The molecule has 0 spiro atoms. The van der Waals surface area contributed by atoms with Crippen LogP contribution in [0.3, 0.4) is 0 Å². The minimum atomic E-state index is -0.145. The molecule has 1 aromatic rings. The maximum absolute atomic E-state index is 13.6. The van der Waals surface area contributed by atoms with Crippen molar-refractivity contribution in [2.45, 2.75) is 55.7 Å². The highest BCUT2D eigenvalue weighted by Gasteiger charge is 2.60. The topological polar surface area (TPSA) is 49.9 Å². The number of carbonyl (C=O) groups excluding carboxylic acids is 2. The summed E-state index contributed by atoms with van der Waals surface area (Å²) in [5.41, 5.74) is 1.00. The Morgan fingerprint density at radius 3 is 2.19 bits per heavy atom. The lowest BCUT2D eigenvalue weighted by molar-refractivity contribution is -0.158. The second-order valence-electron chi connectivity index (χ2n) is 10.4. The highest BCUT2D eigenvalue weighted by atomic mass is 79.9. The molecule has 2 atom stereocenters. The number of rotatable bonds is 5. The molecule has 4 bridgehead atoms. The fraction of sp³-hybridized carbons (Fsp3) is 0.680. The zero-order chi connectivity index (χ0) is 21.6. The molecule has 1 saturated heterocycles. The Balaban J connectivity index is 1.14. The van der Waals surface area contributed by atoms with Gasteiger partial charge in [0.1, 0.15) is 5.75 Å². The molecular formula is C25H33BrN2O3. The predicted octanol–water partition coefficient (Wildman–Crippen LogP) is 4.03. The number of hydrogen-bond acceptors (Lipinski definition) is 3. The molecule has 4 aliphatic carbocycles. The van der Waals surface area contributed by atoms with E-state index in [2.05, 4.69) is 20.8 Å². The zero-order valence-electron chi connectivity index (χ0n) is 18.4. The molecule has 31 heavy (non-hydrogen) atoms. The number of halogens is 1. The van der Waals surface area contributed by atoms with Gasteiger partial charge in [-0.15, -0.1) is 0 Å². The van der Waals surface area contributed by atoms with E-state index in [1.165, 1.54) is 19.3 Å². The predicted molar refractivity (Wildman–Crippen MR) is 123 cm³/mol. The van der Waals surface area contributed by atoms with Gasteiger partial charge in [-0.3, -0.25) is 9.59 Å². The van der Waals surface area contributed by atoms with E-state index in [-0.39, 0.29) is 15.6 Å². The van der Waals surface area contributed by atoms with Crippen LogP contribution >= 0.6 is 15.9 Å². The quantitative estimate of drug-likeness (QED) is 0.587. The van der Waals surface area contributed by atoms with E-state index in [0.29, 0.717) is 50.3 Å². The number of nitrogens with zero attached hydrogens (tertiary/aromatic N) is 2. The third-order valence-corrected chi connectivity index (χ3v) is 9.08. The highest BCUT2D eigenvalue weighted by molar-refractivity contribution is 9.10. The van der Waals surface area contributed by atoms with Crippen molar-refractivity contribution < 1.29 is 14.3 Å². The molecule has 168 valence electrons. The van der Waals surface area contributed by atoms with Crippen molar-refractivity contribution in [2.75, 3.05) is 33.3 Å². The number of benzene rings is 1. The van der Waals surface area contributed by atoms with Gasteiger partial charge in [-0.25, -0.2) is 0 Å². The number of hydrogen-bond donors (Lipinski definition) is 0. The standard InChI is InChI=1S/C25H33BrN2O3/c1-31-21-5-2-18(3-6-21)4-7-22(29)27-8-10-28(11-9-27)23(30)24-13-19-12-20(14-24)16-25(26,15-19)17-24/h2-3,5-6,19-20H,4,7-17H2,1H3. The molecule has 6 rings (SSSR count). The van der Waals surface area contributed by atoms with Crippen molar-refractivity contribution in [2.24, 2.45) is 17.3 Å². The highest BCUT2D eigenvalue weighted by Crippen LogP contribution is 2.64. The molecule has 2 amide bonds. The van der Waals surface area contributed by atoms with Crippen LogP contribution in [0.15, 0.2) is 24.3 Å². The fourth-order valence-electron chi connectivity index (χ4n) is 7.10. The minimum absolute atomic E-state index is 0.145. The van der Waals surface area contributed by atoms with Crippen molar-refractivity contribution in [3.8, 4) is 5.75 Å². The van der Waals surface area contributed by atoms with Crippen molar-refractivity contribution in [3.05, 3.63) is 29.8 Å². The van der Waals surface area contributed by atoms with Crippen LogP contribution in [-0.2, 0) is 16.0 Å². The van der Waals surface area contributed by atoms with Crippen molar-refractivity contribution in [1.29, 1.82) is 0 Å². The molecule has 2 unspecified atom stereocenters. The summed E-state index contributed by atoms with van der Waals surface area (Å²) in [5.74, 6) is 2.82. The maximum Gasteiger partial charge on any atom is 0.228 e. The van der Waals surface area contributed by atoms with Crippen LogP contribution in [0.1, 0.15) is 50.5 Å². The SMILES string of the molecule is COc1ccc(CCC(=O)N2CCN(C(=O)C34CC5CC(CC(Br)(C5)C3)C4)CC2)cc1. The Morgan fingerprint density at radius 2 is 1.61 bits per heavy atom. The monoisotopic (exact) mass is 488 g/mol. The number of carbonyl (C=O) groups is 2. The molecule has 1 heterocycles. The molecule has 5 aliphatic rings. The second-order valence-corrected chi connectivity index (χ2v) is 12.1. The largest absolute Gasteiger partial charge is 0.497 e. The van der Waals surface area contributed by atoms with Crippen LogP contribution in [0.25, 0.3) is 0 Å². The van der Waals surface area contributed by atoms with Crippen LogP contribution in [0.4, 0.5) is 0 Å². The first-order valence-corrected chi connectivity index (χ1v) is 12.6. The summed E-state index contributed by atoms with van der Waals surface area (Å²) in [7, 11) is 1.66. The first-order chi connectivity index (χ1) is 14.9. The molecule has 6 heteroatoms. The van der Waals surface area contributed by atoms with E-state index in [1.54, 1.807) is 7.11 Å². The lowest BCUT2D eigenvalue weighted by Crippen LogP contribution is -2.61. The van der Waals surface area contributed by atoms with Gasteiger partial charge < -0.3 is 14.5 Å². The summed E-state index contributed by atoms with van der Waals surface area (Å²) in [6.45, 7) is 2.68. The van der Waals surface area contributed by atoms with Gasteiger partial charge in [0.05, 0.1) is 12.5 Å². The average Bonchev–Trinajstić information content (AvgIpc) is 2.75. The summed E-state index contributed by atoms with van der Waals surface area (Å²) < 4.78 is 5.39. The lowest BCUT2D eigenvalue weighted by Gasteiger charge is -2.60. The lowest BCUT2D eigenvalue weighted by atomic mass is 9.49. The number of alkyl halides is 1. The molecule has 0 N–H and O–H groups in total. The Hall–Kier alpha value is -1.56. The average molecular weight is 489 g/mol. The molecule has 4 saturated carbocycles. The third-order valence-electron chi connectivity index (χ3n) is 8.15. The van der Waals surface area contributed by atoms with Gasteiger partial charge in [-0.05, 0) is 74.5 Å². The van der Waals surface area contributed by atoms with Crippen molar-refractivity contribution in [1.82, 2.24) is 9.80 Å². The summed E-state index contributed by atoms with van der Waals surface area (Å²) in [6, 6.07) is 7.91. The Bertz CT molecular complexity index is 833.